The Balaban J connectivity index is 3.25. The molecule has 0 fully saturated rings. The van der Waals surface area contributed by atoms with Crippen LogP contribution in [0.15, 0.2) is 18.2 Å². The second-order valence-electron chi connectivity index (χ2n) is 1.85. The smallest absolute Gasteiger partial charge is 0.113 e. The molecule has 2 radical (unpaired) electrons. The molecule has 1 aromatic carbocycles. The molecule has 0 aliphatic heterocycles. The van der Waals surface area contributed by atoms with Gasteiger partial charge in [0.2, 0.25) is 0 Å². The molecule has 0 aliphatic rings. The van der Waals surface area contributed by atoms with E-state index in [1.54, 1.807) is 12.1 Å². The second kappa shape index (κ2) is 3.06. The monoisotopic (exact) mass is 239 g/mol. The quantitative estimate of drug-likeness (QED) is 0.488. The van der Waals surface area contributed by atoms with Gasteiger partial charge in [-0.05, 0) is 28.7 Å². The minimum Gasteiger partial charge on any atom is -0.192 e. The standard InChI is InChI=1S/C7H3BIN/c8-6-1-2-7(9)5(3-6)4-10/h1-3H. The highest BCUT2D eigenvalue weighted by molar-refractivity contribution is 14.1. The lowest BCUT2D eigenvalue weighted by molar-refractivity contribution is 1.47. The fourth-order valence-electron chi connectivity index (χ4n) is 0.629. The van der Waals surface area contributed by atoms with E-state index in [0.29, 0.717) is 11.0 Å². The van der Waals surface area contributed by atoms with Crippen LogP contribution < -0.4 is 5.46 Å². The van der Waals surface area contributed by atoms with Gasteiger partial charge in [0.1, 0.15) is 13.9 Å². The number of halogens is 1. The van der Waals surface area contributed by atoms with E-state index >= 15 is 0 Å². The number of nitriles is 1. The van der Waals surface area contributed by atoms with Gasteiger partial charge < -0.3 is 0 Å². The van der Waals surface area contributed by atoms with Gasteiger partial charge in [-0.2, -0.15) is 5.26 Å². The van der Waals surface area contributed by atoms with E-state index in [9.17, 15) is 0 Å². The van der Waals surface area contributed by atoms with Crippen molar-refractivity contribution in [3.63, 3.8) is 0 Å². The van der Waals surface area contributed by atoms with Crippen molar-refractivity contribution in [2.75, 3.05) is 0 Å². The van der Waals surface area contributed by atoms with Crippen LogP contribution in [0.25, 0.3) is 0 Å². The maximum atomic E-state index is 8.53. The third-order valence-electron chi connectivity index (χ3n) is 1.11. The average molecular weight is 239 g/mol. The molecule has 0 aromatic heterocycles. The number of nitrogens with zero attached hydrogens (tertiary/aromatic N) is 1. The molecule has 1 aromatic rings. The Morgan fingerprint density at radius 3 is 2.70 bits per heavy atom. The van der Waals surface area contributed by atoms with E-state index in [1.165, 1.54) is 0 Å². The molecule has 0 atom stereocenters. The highest BCUT2D eigenvalue weighted by Crippen LogP contribution is 2.07. The van der Waals surface area contributed by atoms with Crippen molar-refractivity contribution in [1.29, 1.82) is 5.26 Å². The number of hydrogen-bond donors (Lipinski definition) is 0. The van der Waals surface area contributed by atoms with Gasteiger partial charge in [0.25, 0.3) is 0 Å². The molecule has 1 rings (SSSR count). The molecule has 0 heterocycles. The summed E-state index contributed by atoms with van der Waals surface area (Å²) in [4.78, 5) is 0. The Labute approximate surface area is 74.6 Å². The molecule has 0 aliphatic carbocycles. The fraction of sp³-hybridized carbons (Fsp3) is 0. The molecule has 0 unspecified atom stereocenters. The SMILES string of the molecule is [B]c1ccc(I)c(C#N)c1. The number of rotatable bonds is 0. The maximum Gasteiger partial charge on any atom is 0.113 e. The van der Waals surface area contributed by atoms with E-state index in [1.807, 2.05) is 12.1 Å². The first-order valence-electron chi connectivity index (χ1n) is 2.69. The summed E-state index contributed by atoms with van der Waals surface area (Å²) in [7, 11) is 5.45. The van der Waals surface area contributed by atoms with Gasteiger partial charge in [-0.1, -0.05) is 17.6 Å². The molecule has 0 spiro atoms. The van der Waals surface area contributed by atoms with Crippen molar-refractivity contribution >= 4 is 35.9 Å². The summed E-state index contributed by atoms with van der Waals surface area (Å²) in [5.41, 5.74) is 1.28. The van der Waals surface area contributed by atoms with Gasteiger partial charge >= 0.3 is 0 Å². The summed E-state index contributed by atoms with van der Waals surface area (Å²) in [6.07, 6.45) is 0. The minimum absolute atomic E-state index is 0.636. The van der Waals surface area contributed by atoms with Crippen molar-refractivity contribution in [2.45, 2.75) is 0 Å². The van der Waals surface area contributed by atoms with E-state index in [0.717, 1.165) is 3.57 Å². The Bertz CT molecular complexity index is 290. The van der Waals surface area contributed by atoms with E-state index in [2.05, 4.69) is 22.6 Å². The van der Waals surface area contributed by atoms with E-state index < -0.39 is 0 Å². The first-order valence-corrected chi connectivity index (χ1v) is 3.77. The van der Waals surface area contributed by atoms with Crippen molar-refractivity contribution in [1.82, 2.24) is 0 Å². The third kappa shape index (κ3) is 1.51. The average Bonchev–Trinajstić information content (AvgIpc) is 1.94. The lowest BCUT2D eigenvalue weighted by atomic mass is 9.95. The third-order valence-corrected chi connectivity index (χ3v) is 2.05. The summed E-state index contributed by atoms with van der Waals surface area (Å²) >= 11 is 2.10. The van der Waals surface area contributed by atoms with Crippen molar-refractivity contribution in [3.8, 4) is 6.07 Å². The van der Waals surface area contributed by atoms with Crippen LogP contribution in [0.5, 0.6) is 0 Å². The Kier molecular flexibility index (Phi) is 2.33. The van der Waals surface area contributed by atoms with Crippen molar-refractivity contribution < 1.29 is 0 Å². The van der Waals surface area contributed by atoms with Crippen molar-refractivity contribution in [2.24, 2.45) is 0 Å². The molecule has 3 heteroatoms. The molecule has 0 N–H and O–H groups in total. The van der Waals surface area contributed by atoms with Crippen LogP contribution in [0.1, 0.15) is 5.56 Å². The van der Waals surface area contributed by atoms with Crippen LogP contribution >= 0.6 is 22.6 Å². The predicted octanol–water partition coefficient (Wildman–Crippen LogP) is 0.957. The van der Waals surface area contributed by atoms with Crippen LogP contribution in [-0.2, 0) is 0 Å². The summed E-state index contributed by atoms with van der Waals surface area (Å²) in [5, 5.41) is 8.53. The van der Waals surface area contributed by atoms with Gasteiger partial charge in [0.15, 0.2) is 0 Å². The van der Waals surface area contributed by atoms with Crippen LogP contribution in [-0.4, -0.2) is 7.85 Å². The topological polar surface area (TPSA) is 23.8 Å². The minimum atomic E-state index is 0.636. The van der Waals surface area contributed by atoms with Gasteiger partial charge in [-0.15, -0.1) is 0 Å². The predicted molar refractivity (Wildman–Crippen MR) is 49.3 cm³/mol. The summed E-state index contributed by atoms with van der Waals surface area (Å²) in [5.74, 6) is 0. The van der Waals surface area contributed by atoms with Gasteiger partial charge in [0, 0.05) is 3.57 Å². The Hall–Kier alpha value is -0.495. The molecule has 0 bridgehead atoms. The molecule has 10 heavy (non-hydrogen) atoms. The molecule has 1 nitrogen and oxygen atoms in total. The van der Waals surface area contributed by atoms with Crippen LogP contribution in [0, 0.1) is 14.9 Å². The van der Waals surface area contributed by atoms with E-state index in [4.69, 9.17) is 13.1 Å². The molecule has 0 amide bonds. The fourth-order valence-corrected chi connectivity index (χ4v) is 1.08. The lowest BCUT2D eigenvalue weighted by Gasteiger charge is -1.94. The zero-order valence-electron chi connectivity index (χ0n) is 5.13. The van der Waals surface area contributed by atoms with Crippen LogP contribution in [0.2, 0.25) is 0 Å². The molecule has 0 saturated carbocycles. The van der Waals surface area contributed by atoms with Gasteiger partial charge in [0.05, 0.1) is 5.56 Å². The first-order chi connectivity index (χ1) is 4.74. The zero-order chi connectivity index (χ0) is 7.56. The van der Waals surface area contributed by atoms with Gasteiger partial charge in [-0.25, -0.2) is 0 Å². The van der Waals surface area contributed by atoms with Crippen LogP contribution in [0.3, 0.4) is 0 Å². The molecule has 0 saturated heterocycles. The number of benzene rings is 1. The molecular weight excluding hydrogens is 236 g/mol. The van der Waals surface area contributed by atoms with E-state index in [-0.39, 0.29) is 0 Å². The highest BCUT2D eigenvalue weighted by Gasteiger charge is 1.95. The Morgan fingerprint density at radius 2 is 2.20 bits per heavy atom. The molecular formula is C7H3BIN. The largest absolute Gasteiger partial charge is 0.192 e. The molecule has 46 valence electrons. The summed E-state index contributed by atoms with van der Waals surface area (Å²) in [6.45, 7) is 0. The van der Waals surface area contributed by atoms with Gasteiger partial charge in [-0.3, -0.25) is 0 Å². The zero-order valence-corrected chi connectivity index (χ0v) is 7.29. The highest BCUT2D eigenvalue weighted by atomic mass is 127. The normalized spacial score (nSPS) is 8.80. The maximum absolute atomic E-state index is 8.53. The Morgan fingerprint density at radius 1 is 1.50 bits per heavy atom. The summed E-state index contributed by atoms with van der Waals surface area (Å²) in [6, 6.07) is 7.33. The lowest BCUT2D eigenvalue weighted by Crippen LogP contribution is -2.02. The first kappa shape index (κ1) is 7.61. The van der Waals surface area contributed by atoms with Crippen molar-refractivity contribution in [3.05, 3.63) is 27.3 Å². The summed E-state index contributed by atoms with van der Waals surface area (Å²) < 4.78 is 0.939. The number of hydrogen-bond acceptors (Lipinski definition) is 1. The second-order valence-corrected chi connectivity index (χ2v) is 3.01. The van der Waals surface area contributed by atoms with Crippen LogP contribution in [0.4, 0.5) is 0 Å².